The maximum Gasteiger partial charge on any atom is 0.176 e. The van der Waals surface area contributed by atoms with Gasteiger partial charge in [-0.25, -0.2) is 0 Å². The van der Waals surface area contributed by atoms with Gasteiger partial charge in [0.1, 0.15) is 0 Å². The Morgan fingerprint density at radius 1 is 1.26 bits per heavy atom. The van der Waals surface area contributed by atoms with E-state index in [0.717, 1.165) is 12.1 Å². The van der Waals surface area contributed by atoms with E-state index >= 15 is 0 Å². The molecule has 1 aromatic carbocycles. The number of piperidine rings is 1. The highest BCUT2D eigenvalue weighted by molar-refractivity contribution is 6.30. The number of halogens is 1. The number of rotatable bonds is 3. The molecule has 3 atom stereocenters. The van der Waals surface area contributed by atoms with Crippen LogP contribution in [0.5, 0.6) is 0 Å². The summed E-state index contributed by atoms with van der Waals surface area (Å²) in [7, 11) is 0. The Balaban J connectivity index is 2.03. The third kappa shape index (κ3) is 3.58. The number of hydrogen-bond acceptors (Lipinski definition) is 2. The van der Waals surface area contributed by atoms with Crippen molar-refractivity contribution in [3.05, 3.63) is 34.9 Å². The van der Waals surface area contributed by atoms with Gasteiger partial charge in [-0.2, -0.15) is 0 Å². The maximum atomic E-state index is 12.3. The number of hydrogen-bond donors (Lipinski definition) is 0. The van der Waals surface area contributed by atoms with Crippen molar-refractivity contribution in [3.8, 4) is 0 Å². The largest absolute Gasteiger partial charge is 0.293 e. The van der Waals surface area contributed by atoms with E-state index < -0.39 is 0 Å². The molecule has 1 saturated heterocycles. The summed E-state index contributed by atoms with van der Waals surface area (Å²) < 4.78 is 0. The number of carbonyl (C=O) groups is 1. The van der Waals surface area contributed by atoms with E-state index in [9.17, 15) is 4.79 Å². The smallest absolute Gasteiger partial charge is 0.176 e. The van der Waals surface area contributed by atoms with Crippen LogP contribution < -0.4 is 0 Å². The Kier molecular flexibility index (Phi) is 4.64. The van der Waals surface area contributed by atoms with Crippen LogP contribution in [0, 0.1) is 11.8 Å². The van der Waals surface area contributed by atoms with E-state index in [2.05, 4.69) is 25.7 Å². The zero-order valence-electron chi connectivity index (χ0n) is 11.9. The number of benzene rings is 1. The van der Waals surface area contributed by atoms with Crippen molar-refractivity contribution in [2.75, 3.05) is 13.1 Å². The molecule has 1 heterocycles. The SMILES string of the molecule is CC1CC(C)C(C)N(CC(=O)c2ccc(Cl)cc2)C1. The lowest BCUT2D eigenvalue weighted by molar-refractivity contribution is 0.0650. The summed E-state index contributed by atoms with van der Waals surface area (Å²) in [4.78, 5) is 14.6. The second-order valence-corrected chi connectivity index (χ2v) is 6.35. The molecule has 2 nitrogen and oxygen atoms in total. The summed E-state index contributed by atoms with van der Waals surface area (Å²) >= 11 is 5.85. The number of Topliss-reactive ketones (excluding diaryl/α,β-unsaturated/α-hetero) is 1. The first kappa shape index (κ1) is 14.5. The van der Waals surface area contributed by atoms with Gasteiger partial charge in [0.2, 0.25) is 0 Å². The first-order chi connectivity index (χ1) is 8.97. The van der Waals surface area contributed by atoms with Crippen molar-refractivity contribution in [1.82, 2.24) is 4.90 Å². The molecule has 1 aliphatic heterocycles. The molecule has 0 saturated carbocycles. The lowest BCUT2D eigenvalue weighted by atomic mass is 9.86. The van der Waals surface area contributed by atoms with Crippen LogP contribution in [0.1, 0.15) is 37.6 Å². The molecule has 1 aromatic rings. The number of likely N-dealkylation sites (tertiary alicyclic amines) is 1. The molecule has 104 valence electrons. The van der Waals surface area contributed by atoms with Crippen molar-refractivity contribution in [1.29, 1.82) is 0 Å². The normalized spacial score (nSPS) is 28.3. The summed E-state index contributed by atoms with van der Waals surface area (Å²) in [6.45, 7) is 8.30. The van der Waals surface area contributed by atoms with Crippen LogP contribution in [0.2, 0.25) is 5.02 Å². The van der Waals surface area contributed by atoms with Crippen LogP contribution in [0.25, 0.3) is 0 Å². The maximum absolute atomic E-state index is 12.3. The number of carbonyl (C=O) groups excluding carboxylic acids is 1. The van der Waals surface area contributed by atoms with Crippen LogP contribution in [0.3, 0.4) is 0 Å². The second-order valence-electron chi connectivity index (χ2n) is 5.92. The van der Waals surface area contributed by atoms with Crippen molar-refractivity contribution in [2.24, 2.45) is 11.8 Å². The summed E-state index contributed by atoms with van der Waals surface area (Å²) in [6, 6.07) is 7.66. The third-order valence-corrected chi connectivity index (χ3v) is 4.48. The standard InChI is InChI=1S/C16H22ClNO/c1-11-8-12(2)13(3)18(9-11)10-16(19)14-4-6-15(17)7-5-14/h4-7,11-13H,8-10H2,1-3H3. The van der Waals surface area contributed by atoms with Crippen LogP contribution in [-0.4, -0.2) is 29.8 Å². The highest BCUT2D eigenvalue weighted by Gasteiger charge is 2.29. The van der Waals surface area contributed by atoms with E-state index in [1.165, 1.54) is 6.42 Å². The van der Waals surface area contributed by atoms with Crippen LogP contribution in [0.15, 0.2) is 24.3 Å². The van der Waals surface area contributed by atoms with Crippen molar-refractivity contribution in [3.63, 3.8) is 0 Å². The fraction of sp³-hybridized carbons (Fsp3) is 0.562. The first-order valence-electron chi connectivity index (χ1n) is 7.00. The van der Waals surface area contributed by atoms with Crippen molar-refractivity contribution in [2.45, 2.75) is 33.2 Å². The first-order valence-corrected chi connectivity index (χ1v) is 7.38. The van der Waals surface area contributed by atoms with Gasteiger partial charge in [0.05, 0.1) is 6.54 Å². The molecule has 3 heteroatoms. The summed E-state index contributed by atoms with van der Waals surface area (Å²) in [6.07, 6.45) is 1.26. The van der Waals surface area contributed by atoms with Crippen molar-refractivity contribution >= 4 is 17.4 Å². The van der Waals surface area contributed by atoms with Gasteiger partial charge in [-0.3, -0.25) is 9.69 Å². The van der Waals surface area contributed by atoms with Gasteiger partial charge >= 0.3 is 0 Å². The molecule has 0 spiro atoms. The van der Waals surface area contributed by atoms with E-state index in [0.29, 0.717) is 29.4 Å². The molecule has 0 N–H and O–H groups in total. The van der Waals surface area contributed by atoms with Crippen LogP contribution in [0.4, 0.5) is 0 Å². The lowest BCUT2D eigenvalue weighted by Gasteiger charge is -2.40. The Morgan fingerprint density at radius 2 is 1.89 bits per heavy atom. The van der Waals surface area contributed by atoms with E-state index in [4.69, 9.17) is 11.6 Å². The topological polar surface area (TPSA) is 20.3 Å². The van der Waals surface area contributed by atoms with E-state index in [1.807, 2.05) is 12.1 Å². The third-order valence-electron chi connectivity index (χ3n) is 4.23. The van der Waals surface area contributed by atoms with Gasteiger partial charge < -0.3 is 0 Å². The van der Waals surface area contributed by atoms with Gasteiger partial charge in [0, 0.05) is 23.2 Å². The minimum Gasteiger partial charge on any atom is -0.293 e. The van der Waals surface area contributed by atoms with Crippen LogP contribution in [-0.2, 0) is 0 Å². The number of nitrogens with zero attached hydrogens (tertiary/aromatic N) is 1. The summed E-state index contributed by atoms with van der Waals surface area (Å²) in [5, 5.41) is 0.671. The zero-order chi connectivity index (χ0) is 14.0. The Bertz CT molecular complexity index is 443. The molecule has 1 aliphatic rings. The monoisotopic (exact) mass is 279 g/mol. The fourth-order valence-electron chi connectivity index (χ4n) is 2.95. The van der Waals surface area contributed by atoms with Gasteiger partial charge in [-0.15, -0.1) is 0 Å². The average Bonchev–Trinajstić information content (AvgIpc) is 2.36. The van der Waals surface area contributed by atoms with E-state index in [-0.39, 0.29) is 5.78 Å². The predicted molar refractivity (Wildman–Crippen MR) is 79.8 cm³/mol. The van der Waals surface area contributed by atoms with Crippen LogP contribution >= 0.6 is 11.6 Å². The predicted octanol–water partition coefficient (Wildman–Crippen LogP) is 3.89. The van der Waals surface area contributed by atoms with Gasteiger partial charge in [-0.1, -0.05) is 25.4 Å². The molecular formula is C16H22ClNO. The highest BCUT2D eigenvalue weighted by Crippen LogP contribution is 2.26. The quantitative estimate of drug-likeness (QED) is 0.783. The number of ketones is 1. The van der Waals surface area contributed by atoms with Gasteiger partial charge in [0.15, 0.2) is 5.78 Å². The van der Waals surface area contributed by atoms with Crippen molar-refractivity contribution < 1.29 is 4.79 Å². The van der Waals surface area contributed by atoms with Gasteiger partial charge in [-0.05, 0) is 49.4 Å². The molecular weight excluding hydrogens is 258 g/mol. The Hall–Kier alpha value is -0.860. The Labute approximate surface area is 120 Å². The lowest BCUT2D eigenvalue weighted by Crippen LogP contribution is -2.47. The molecule has 19 heavy (non-hydrogen) atoms. The molecule has 0 aromatic heterocycles. The van der Waals surface area contributed by atoms with E-state index in [1.54, 1.807) is 12.1 Å². The molecule has 2 rings (SSSR count). The molecule has 0 bridgehead atoms. The summed E-state index contributed by atoms with van der Waals surface area (Å²) in [5.41, 5.74) is 0.752. The Morgan fingerprint density at radius 3 is 2.53 bits per heavy atom. The minimum absolute atomic E-state index is 0.185. The average molecular weight is 280 g/mol. The molecule has 0 aliphatic carbocycles. The fourth-order valence-corrected chi connectivity index (χ4v) is 3.08. The minimum atomic E-state index is 0.185. The second kappa shape index (κ2) is 6.06. The molecule has 3 unspecified atom stereocenters. The molecule has 0 amide bonds. The summed E-state index contributed by atoms with van der Waals surface area (Å²) in [5.74, 6) is 1.51. The van der Waals surface area contributed by atoms with Gasteiger partial charge in [0.25, 0.3) is 0 Å². The highest BCUT2D eigenvalue weighted by atomic mass is 35.5. The molecule has 1 fully saturated rings. The molecule has 0 radical (unpaired) electrons. The zero-order valence-corrected chi connectivity index (χ0v) is 12.7.